The summed E-state index contributed by atoms with van der Waals surface area (Å²) in [5, 5.41) is 26.6. The molecule has 5 rings (SSSR count). The van der Waals surface area contributed by atoms with Crippen LogP contribution in [-0.4, -0.2) is 75.5 Å². The van der Waals surface area contributed by atoms with Crippen molar-refractivity contribution in [3.63, 3.8) is 0 Å². The molecule has 0 aromatic heterocycles. The molecule has 1 saturated carbocycles. The fourth-order valence-corrected chi connectivity index (χ4v) is 8.02. The number of Topliss-reactive ketones (excluding diaryl/α,β-unsaturated/α-hetero) is 1. The number of carbonyl (C=O) groups is 4. The third kappa shape index (κ3) is 4.68. The Morgan fingerprint density at radius 3 is 2.26 bits per heavy atom. The highest BCUT2D eigenvalue weighted by Crippen LogP contribution is 2.62. The molecule has 0 unspecified atom stereocenters. The lowest BCUT2D eigenvalue weighted by molar-refractivity contribution is -0.234. The molecule has 2 aliphatic carbocycles. The number of rotatable bonds is 4. The van der Waals surface area contributed by atoms with Crippen LogP contribution in [0.25, 0.3) is 0 Å². The fourth-order valence-electron chi connectivity index (χ4n) is 8.02. The number of hydrogen-bond donors (Lipinski definition) is 3. The van der Waals surface area contributed by atoms with Crippen LogP contribution >= 0.6 is 0 Å². The minimum absolute atomic E-state index is 0.224. The lowest BCUT2D eigenvalue weighted by atomic mass is 9.48. The standard InChI is InChI=1S/C32H41NO9/c1-16-11-10-14-21-26(40-18(3)34)30(5,38)17(2)23-22(15-20-12-8-7-9-13-20)33-29(37)32(21,23)28(41-19(4)35)24-27(42-24)31(6,39)25(16)36/h7-10,12-14,16-17,21-24,26-28,38-39H,11,15H2,1-6H3,(H,33,37)/t16-,17-,21-,22-,23-,24+,26-,27-,28+,30+,31-,32-/m0/s1. The van der Waals surface area contributed by atoms with Crippen LogP contribution in [0.15, 0.2) is 42.5 Å². The summed E-state index contributed by atoms with van der Waals surface area (Å²) in [5.74, 6) is -5.01. The Bertz CT molecular complexity index is 1290. The van der Waals surface area contributed by atoms with E-state index in [2.05, 4.69) is 5.32 Å². The number of epoxide rings is 1. The summed E-state index contributed by atoms with van der Waals surface area (Å²) in [4.78, 5) is 53.1. The van der Waals surface area contributed by atoms with Crippen LogP contribution in [-0.2, 0) is 39.8 Å². The molecule has 0 bridgehead atoms. The summed E-state index contributed by atoms with van der Waals surface area (Å²) in [6.07, 6.45) is -0.382. The van der Waals surface area contributed by atoms with E-state index in [9.17, 15) is 29.4 Å². The number of amides is 1. The number of carbonyl (C=O) groups excluding carboxylic acids is 4. The van der Waals surface area contributed by atoms with Crippen LogP contribution in [0.3, 0.4) is 0 Å². The third-order valence-electron chi connectivity index (χ3n) is 10.1. The number of nitrogens with one attached hydrogen (secondary N) is 1. The topological polar surface area (TPSA) is 152 Å². The van der Waals surface area contributed by atoms with Gasteiger partial charge in [-0.3, -0.25) is 19.2 Å². The number of allylic oxidation sites excluding steroid dienone is 1. The summed E-state index contributed by atoms with van der Waals surface area (Å²) in [6, 6.07) is 9.12. The van der Waals surface area contributed by atoms with Crippen molar-refractivity contribution in [2.24, 2.45) is 29.1 Å². The first-order chi connectivity index (χ1) is 19.6. The van der Waals surface area contributed by atoms with E-state index in [1.54, 1.807) is 26.0 Å². The highest BCUT2D eigenvalue weighted by Gasteiger charge is 2.77. The Balaban J connectivity index is 1.76. The van der Waals surface area contributed by atoms with Gasteiger partial charge < -0.3 is 29.7 Å². The van der Waals surface area contributed by atoms with E-state index in [4.69, 9.17) is 14.2 Å². The Morgan fingerprint density at radius 1 is 1.02 bits per heavy atom. The SMILES string of the molecule is CC(=O)O[C@@H]1[C@@H]2O[C@@H]2[C@@](C)(O)C(=O)[C@@H](C)CC=C[C@H]2[C@H](OC(C)=O)[C@](C)(O)[C@@H](C)[C@H]3[C@H](Cc4ccccc4)NC(=O)[C@@]312. The molecule has 1 aromatic rings. The lowest BCUT2D eigenvalue weighted by Crippen LogP contribution is -2.70. The number of ketones is 1. The van der Waals surface area contributed by atoms with Gasteiger partial charge in [0.15, 0.2) is 5.78 Å². The molecule has 42 heavy (non-hydrogen) atoms. The highest BCUT2D eigenvalue weighted by molar-refractivity contribution is 5.91. The van der Waals surface area contributed by atoms with E-state index in [0.29, 0.717) is 6.42 Å². The van der Waals surface area contributed by atoms with Crippen molar-refractivity contribution in [1.82, 2.24) is 5.32 Å². The van der Waals surface area contributed by atoms with Gasteiger partial charge in [-0.1, -0.05) is 56.3 Å². The Labute approximate surface area is 245 Å². The summed E-state index contributed by atoms with van der Waals surface area (Å²) in [6.45, 7) is 8.96. The summed E-state index contributed by atoms with van der Waals surface area (Å²) >= 11 is 0. The van der Waals surface area contributed by atoms with E-state index in [-0.39, 0.29) is 6.42 Å². The zero-order valence-corrected chi connectivity index (χ0v) is 24.9. The molecule has 12 atom stereocenters. The van der Waals surface area contributed by atoms with Crippen LogP contribution < -0.4 is 5.32 Å². The van der Waals surface area contributed by atoms with Gasteiger partial charge in [0, 0.05) is 37.6 Å². The first-order valence-corrected chi connectivity index (χ1v) is 14.7. The Kier molecular flexibility index (Phi) is 7.65. The van der Waals surface area contributed by atoms with Crippen LogP contribution in [0.5, 0.6) is 0 Å². The molecule has 228 valence electrons. The average molecular weight is 584 g/mol. The van der Waals surface area contributed by atoms with Crippen molar-refractivity contribution < 1.29 is 43.6 Å². The van der Waals surface area contributed by atoms with E-state index in [0.717, 1.165) is 5.56 Å². The Hall–Kier alpha value is -3.08. The molecule has 10 heteroatoms. The van der Waals surface area contributed by atoms with Gasteiger partial charge in [-0.25, -0.2) is 0 Å². The summed E-state index contributed by atoms with van der Waals surface area (Å²) < 4.78 is 17.8. The van der Waals surface area contributed by atoms with Crippen LogP contribution in [0.2, 0.25) is 0 Å². The van der Waals surface area contributed by atoms with E-state index in [1.165, 1.54) is 20.8 Å². The van der Waals surface area contributed by atoms with Crippen molar-refractivity contribution >= 4 is 23.6 Å². The minimum Gasteiger partial charge on any atom is -0.459 e. The van der Waals surface area contributed by atoms with Gasteiger partial charge in [-0.2, -0.15) is 0 Å². The zero-order valence-electron chi connectivity index (χ0n) is 24.9. The fraction of sp³-hybridized carbons (Fsp3) is 0.625. The molecule has 2 saturated heterocycles. The highest BCUT2D eigenvalue weighted by atomic mass is 16.6. The molecule has 10 nitrogen and oxygen atoms in total. The maximum absolute atomic E-state index is 14.6. The molecular formula is C32H41NO9. The Morgan fingerprint density at radius 2 is 1.64 bits per heavy atom. The van der Waals surface area contributed by atoms with Gasteiger partial charge in [0.25, 0.3) is 0 Å². The lowest BCUT2D eigenvalue weighted by Gasteiger charge is -2.57. The van der Waals surface area contributed by atoms with Crippen molar-refractivity contribution in [2.75, 3.05) is 0 Å². The van der Waals surface area contributed by atoms with Crippen LogP contribution in [0, 0.1) is 29.1 Å². The minimum atomic E-state index is -1.90. The van der Waals surface area contributed by atoms with Crippen molar-refractivity contribution in [3.8, 4) is 0 Å². The molecule has 1 aromatic carbocycles. The largest absolute Gasteiger partial charge is 0.459 e. The van der Waals surface area contributed by atoms with Crippen molar-refractivity contribution in [2.45, 2.75) is 96.0 Å². The first kappa shape index (κ1) is 30.4. The van der Waals surface area contributed by atoms with Crippen molar-refractivity contribution in [1.29, 1.82) is 0 Å². The van der Waals surface area contributed by atoms with Crippen LogP contribution in [0.4, 0.5) is 0 Å². The molecule has 1 spiro atoms. The molecule has 2 aliphatic heterocycles. The maximum Gasteiger partial charge on any atom is 0.303 e. The second-order valence-electron chi connectivity index (χ2n) is 12.9. The average Bonchev–Trinajstić information content (AvgIpc) is 3.66. The van der Waals surface area contributed by atoms with Gasteiger partial charge in [0.05, 0.1) is 0 Å². The van der Waals surface area contributed by atoms with Gasteiger partial charge in [-0.05, 0) is 38.2 Å². The number of fused-ring (bicyclic) bond motifs is 1. The maximum atomic E-state index is 14.6. The normalized spacial score (nSPS) is 44.5. The van der Waals surface area contributed by atoms with Gasteiger partial charge in [0.1, 0.15) is 41.0 Å². The van der Waals surface area contributed by atoms with E-state index >= 15 is 0 Å². The molecule has 0 radical (unpaired) electrons. The van der Waals surface area contributed by atoms with E-state index in [1.807, 2.05) is 37.3 Å². The number of benzene rings is 1. The van der Waals surface area contributed by atoms with Crippen molar-refractivity contribution in [3.05, 3.63) is 48.0 Å². The number of ether oxygens (including phenoxy) is 3. The summed E-state index contributed by atoms with van der Waals surface area (Å²) in [5.41, 5.74) is -4.10. The van der Waals surface area contributed by atoms with Gasteiger partial charge >= 0.3 is 11.9 Å². The van der Waals surface area contributed by atoms with E-state index < -0.39 is 94.4 Å². The number of esters is 2. The van der Waals surface area contributed by atoms with Gasteiger partial charge in [-0.15, -0.1) is 0 Å². The molecule has 3 N–H and O–H groups in total. The van der Waals surface area contributed by atoms with Gasteiger partial charge in [0.2, 0.25) is 5.91 Å². The predicted octanol–water partition coefficient (Wildman–Crippen LogP) is 1.89. The molecule has 4 aliphatic rings. The zero-order chi connectivity index (χ0) is 30.8. The van der Waals surface area contributed by atoms with Crippen LogP contribution in [0.1, 0.15) is 53.5 Å². The molecular weight excluding hydrogens is 542 g/mol. The third-order valence-corrected chi connectivity index (χ3v) is 10.1. The monoisotopic (exact) mass is 583 g/mol. The smallest absolute Gasteiger partial charge is 0.303 e. The first-order valence-electron chi connectivity index (χ1n) is 14.7. The number of hydrogen-bond acceptors (Lipinski definition) is 9. The second-order valence-corrected chi connectivity index (χ2v) is 12.9. The number of aliphatic hydroxyl groups is 2. The molecule has 3 fully saturated rings. The second kappa shape index (κ2) is 10.6. The molecule has 2 heterocycles. The predicted molar refractivity (Wildman–Crippen MR) is 150 cm³/mol. The quantitative estimate of drug-likeness (QED) is 0.274. The summed E-state index contributed by atoms with van der Waals surface area (Å²) in [7, 11) is 0. The molecule has 1 amide bonds.